The first-order chi connectivity index (χ1) is 12.1. The van der Waals surface area contributed by atoms with Crippen LogP contribution < -0.4 is 4.72 Å². The molecule has 0 spiro atoms. The largest absolute Gasteiger partial charge is 0.396 e. The number of sulfonamides is 1. The van der Waals surface area contributed by atoms with E-state index in [-0.39, 0.29) is 12.5 Å². The summed E-state index contributed by atoms with van der Waals surface area (Å²) < 4.78 is 28.1. The highest BCUT2D eigenvalue weighted by Gasteiger charge is 2.18. The van der Waals surface area contributed by atoms with E-state index < -0.39 is 10.0 Å². The highest BCUT2D eigenvalue weighted by Crippen LogP contribution is 2.26. The summed E-state index contributed by atoms with van der Waals surface area (Å²) in [7, 11) is -3.58. The quantitative estimate of drug-likeness (QED) is 0.630. The molecule has 0 aliphatic rings. The molecule has 0 bridgehead atoms. The Bertz CT molecular complexity index is 916. The van der Waals surface area contributed by atoms with Crippen LogP contribution in [0.15, 0.2) is 64.2 Å². The van der Waals surface area contributed by atoms with Gasteiger partial charge in [0.15, 0.2) is 0 Å². The molecule has 1 atom stereocenters. The van der Waals surface area contributed by atoms with Gasteiger partial charge in [0, 0.05) is 18.5 Å². The first-order valence-electron chi connectivity index (χ1n) is 8.22. The molecule has 132 valence electrons. The van der Waals surface area contributed by atoms with Crippen molar-refractivity contribution in [2.45, 2.75) is 23.7 Å². The van der Waals surface area contributed by atoms with E-state index in [1.165, 1.54) is 0 Å². The van der Waals surface area contributed by atoms with Gasteiger partial charge in [-0.2, -0.15) is 11.3 Å². The van der Waals surface area contributed by atoms with Gasteiger partial charge >= 0.3 is 0 Å². The van der Waals surface area contributed by atoms with Gasteiger partial charge in [-0.15, -0.1) is 0 Å². The van der Waals surface area contributed by atoms with Gasteiger partial charge in [0.2, 0.25) is 10.0 Å². The Balaban J connectivity index is 1.73. The molecule has 1 heterocycles. The maximum absolute atomic E-state index is 12.7. The summed E-state index contributed by atoms with van der Waals surface area (Å²) in [4.78, 5) is 0.305. The molecule has 3 rings (SSSR count). The summed E-state index contributed by atoms with van der Waals surface area (Å²) >= 11 is 1.61. The topological polar surface area (TPSA) is 66.4 Å². The SMILES string of the molecule is O=S(=O)(NCC[C@H](CCO)c1ccsc1)c1cccc2ccccc12. The molecule has 3 aromatic rings. The van der Waals surface area contributed by atoms with Crippen LogP contribution in [0.3, 0.4) is 0 Å². The average Bonchev–Trinajstić information content (AvgIpc) is 3.15. The van der Waals surface area contributed by atoms with E-state index in [0.29, 0.717) is 24.3 Å². The summed E-state index contributed by atoms with van der Waals surface area (Å²) in [5.41, 5.74) is 1.16. The Labute approximate surface area is 152 Å². The lowest BCUT2D eigenvalue weighted by Crippen LogP contribution is -2.26. The maximum Gasteiger partial charge on any atom is 0.241 e. The van der Waals surface area contributed by atoms with Crippen molar-refractivity contribution < 1.29 is 13.5 Å². The lowest BCUT2D eigenvalue weighted by atomic mass is 9.95. The van der Waals surface area contributed by atoms with E-state index in [1.807, 2.05) is 41.8 Å². The van der Waals surface area contributed by atoms with E-state index in [1.54, 1.807) is 23.5 Å². The molecule has 0 aliphatic carbocycles. The molecular formula is C19H21NO3S2. The number of nitrogens with one attached hydrogen (secondary N) is 1. The minimum absolute atomic E-state index is 0.0938. The van der Waals surface area contributed by atoms with Gasteiger partial charge in [0.25, 0.3) is 0 Å². The van der Waals surface area contributed by atoms with Crippen LogP contribution in [0.2, 0.25) is 0 Å². The third-order valence-electron chi connectivity index (χ3n) is 4.32. The average molecular weight is 376 g/mol. The van der Waals surface area contributed by atoms with Crippen molar-refractivity contribution in [2.24, 2.45) is 0 Å². The third kappa shape index (κ3) is 4.27. The van der Waals surface area contributed by atoms with Crippen molar-refractivity contribution in [3.8, 4) is 0 Å². The van der Waals surface area contributed by atoms with Crippen LogP contribution in [0.1, 0.15) is 24.3 Å². The summed E-state index contributed by atoms with van der Waals surface area (Å²) in [5.74, 6) is 0.159. The van der Waals surface area contributed by atoms with Crippen LogP contribution in [0.4, 0.5) is 0 Å². The number of benzene rings is 2. The van der Waals surface area contributed by atoms with Gasteiger partial charge < -0.3 is 5.11 Å². The van der Waals surface area contributed by atoms with Crippen molar-refractivity contribution in [3.63, 3.8) is 0 Å². The molecule has 2 aromatic carbocycles. The molecule has 0 saturated heterocycles. The number of aliphatic hydroxyl groups is 1. The molecule has 0 fully saturated rings. The minimum Gasteiger partial charge on any atom is -0.396 e. The van der Waals surface area contributed by atoms with Gasteiger partial charge in [0.05, 0.1) is 4.90 Å². The van der Waals surface area contributed by atoms with Crippen molar-refractivity contribution in [2.75, 3.05) is 13.2 Å². The van der Waals surface area contributed by atoms with Gasteiger partial charge in [-0.1, -0.05) is 36.4 Å². The second-order valence-electron chi connectivity index (χ2n) is 5.93. The molecule has 0 saturated carbocycles. The minimum atomic E-state index is -3.58. The maximum atomic E-state index is 12.7. The molecular weight excluding hydrogens is 354 g/mol. The fraction of sp³-hybridized carbons (Fsp3) is 0.263. The van der Waals surface area contributed by atoms with Crippen molar-refractivity contribution in [1.29, 1.82) is 0 Å². The molecule has 6 heteroatoms. The highest BCUT2D eigenvalue weighted by atomic mass is 32.2. The van der Waals surface area contributed by atoms with Crippen LogP contribution >= 0.6 is 11.3 Å². The van der Waals surface area contributed by atoms with Gasteiger partial charge in [0.1, 0.15) is 0 Å². The zero-order valence-electron chi connectivity index (χ0n) is 13.8. The Hall–Kier alpha value is -1.73. The van der Waals surface area contributed by atoms with E-state index in [0.717, 1.165) is 16.3 Å². The molecule has 0 unspecified atom stereocenters. The number of aliphatic hydroxyl groups excluding tert-OH is 1. The lowest BCUT2D eigenvalue weighted by molar-refractivity contribution is 0.273. The fourth-order valence-corrected chi connectivity index (χ4v) is 5.03. The van der Waals surface area contributed by atoms with Crippen molar-refractivity contribution >= 4 is 32.1 Å². The Kier molecular flexibility index (Phi) is 5.86. The zero-order valence-corrected chi connectivity index (χ0v) is 15.4. The van der Waals surface area contributed by atoms with Gasteiger partial charge in [-0.05, 0) is 52.6 Å². The third-order valence-corrected chi connectivity index (χ3v) is 6.54. The molecule has 25 heavy (non-hydrogen) atoms. The first-order valence-corrected chi connectivity index (χ1v) is 10.6. The van der Waals surface area contributed by atoms with Crippen molar-refractivity contribution in [3.05, 3.63) is 64.9 Å². The number of hydrogen-bond donors (Lipinski definition) is 2. The molecule has 2 N–H and O–H groups in total. The van der Waals surface area contributed by atoms with E-state index in [9.17, 15) is 13.5 Å². The normalized spacial score (nSPS) is 13.2. The first kappa shape index (κ1) is 18.1. The summed E-state index contributed by atoms with van der Waals surface area (Å²) in [6.07, 6.45) is 1.29. The number of rotatable bonds is 8. The van der Waals surface area contributed by atoms with Gasteiger partial charge in [-0.25, -0.2) is 13.1 Å². The van der Waals surface area contributed by atoms with Crippen LogP contribution in [0, 0.1) is 0 Å². The number of hydrogen-bond acceptors (Lipinski definition) is 4. The predicted octanol–water partition coefficient (Wildman–Crippen LogP) is 3.74. The Morgan fingerprint density at radius 2 is 1.84 bits per heavy atom. The standard InChI is InChI=1S/C19H21NO3S2/c21-12-9-15(17-10-13-24-14-17)8-11-20-25(22,23)19-7-3-5-16-4-1-2-6-18(16)19/h1-7,10,13-15,20-21H,8-9,11-12H2/t15-/m1/s1. The second kappa shape index (κ2) is 8.10. The van der Waals surface area contributed by atoms with Crippen LogP contribution in [0.5, 0.6) is 0 Å². The molecule has 1 aromatic heterocycles. The summed E-state index contributed by atoms with van der Waals surface area (Å²) in [6, 6.07) is 14.8. The molecule has 0 amide bonds. The Morgan fingerprint density at radius 3 is 2.60 bits per heavy atom. The fourth-order valence-electron chi connectivity index (χ4n) is 3.02. The number of fused-ring (bicyclic) bond motifs is 1. The van der Waals surface area contributed by atoms with Crippen molar-refractivity contribution in [1.82, 2.24) is 4.72 Å². The zero-order chi connectivity index (χ0) is 17.7. The Morgan fingerprint density at radius 1 is 1.04 bits per heavy atom. The summed E-state index contributed by atoms with van der Waals surface area (Å²) in [5, 5.41) is 14.9. The van der Waals surface area contributed by atoms with Gasteiger partial charge in [-0.3, -0.25) is 0 Å². The smallest absolute Gasteiger partial charge is 0.241 e. The highest BCUT2D eigenvalue weighted by molar-refractivity contribution is 7.89. The molecule has 0 aliphatic heterocycles. The van der Waals surface area contributed by atoms with E-state index >= 15 is 0 Å². The predicted molar refractivity (Wildman–Crippen MR) is 103 cm³/mol. The second-order valence-corrected chi connectivity index (χ2v) is 8.45. The van der Waals surface area contributed by atoms with E-state index in [4.69, 9.17) is 0 Å². The van der Waals surface area contributed by atoms with Crippen LogP contribution in [-0.2, 0) is 10.0 Å². The molecule has 4 nitrogen and oxygen atoms in total. The van der Waals surface area contributed by atoms with Crippen LogP contribution in [0.25, 0.3) is 10.8 Å². The van der Waals surface area contributed by atoms with Crippen LogP contribution in [-0.4, -0.2) is 26.7 Å². The number of thiophene rings is 1. The van der Waals surface area contributed by atoms with E-state index in [2.05, 4.69) is 10.1 Å². The lowest BCUT2D eigenvalue weighted by Gasteiger charge is -2.15. The molecule has 0 radical (unpaired) electrons. The summed E-state index contributed by atoms with van der Waals surface area (Å²) in [6.45, 7) is 0.433. The monoisotopic (exact) mass is 375 g/mol.